The second kappa shape index (κ2) is 1.70. The highest BCUT2D eigenvalue weighted by Gasteiger charge is 1.96. The van der Waals surface area contributed by atoms with E-state index < -0.39 is 0 Å². The molecule has 1 rings (SSSR count). The first-order chi connectivity index (χ1) is 3.30. The van der Waals surface area contributed by atoms with Gasteiger partial charge in [0, 0.05) is 13.6 Å². The van der Waals surface area contributed by atoms with Gasteiger partial charge < -0.3 is 17.5 Å². The summed E-state index contributed by atoms with van der Waals surface area (Å²) in [4.78, 5) is 2.08. The van der Waals surface area contributed by atoms with Crippen molar-refractivity contribution in [3.05, 3.63) is 11.1 Å². The second-order valence-corrected chi connectivity index (χ2v) is 2.17. The van der Waals surface area contributed by atoms with E-state index in [1.54, 1.807) is 0 Å². The second-order valence-electron chi connectivity index (χ2n) is 1.75. The van der Waals surface area contributed by atoms with E-state index in [2.05, 4.69) is 11.0 Å². The maximum absolute atomic E-state index is 4.91. The molecule has 0 aromatic heterocycles. The Morgan fingerprint density at radius 1 is 1.86 bits per heavy atom. The van der Waals surface area contributed by atoms with Crippen molar-refractivity contribution in [1.82, 2.24) is 4.90 Å². The Kier molecular flexibility index (Phi) is 1.19. The average molecular weight is 114 g/mol. The third kappa shape index (κ3) is 0.855. The summed E-state index contributed by atoms with van der Waals surface area (Å²) < 4.78 is 0. The fraction of sp³-hybridized carbons (Fsp3) is 0.600. The fourth-order valence-electron chi connectivity index (χ4n) is 0.648. The molecule has 0 bridgehead atoms. The van der Waals surface area contributed by atoms with Crippen LogP contribution in [0, 0.1) is 0 Å². The van der Waals surface area contributed by atoms with Crippen molar-refractivity contribution >= 4 is 12.6 Å². The van der Waals surface area contributed by atoms with E-state index in [0.29, 0.717) is 0 Å². The van der Waals surface area contributed by atoms with Crippen LogP contribution in [0.1, 0.15) is 6.42 Å². The molecular formula is C5H8NS-. The molecule has 0 spiro atoms. The summed E-state index contributed by atoms with van der Waals surface area (Å²) in [5.41, 5.74) is 0. The van der Waals surface area contributed by atoms with Gasteiger partial charge in [-0.05, 0) is 6.42 Å². The van der Waals surface area contributed by atoms with Crippen LogP contribution in [0.15, 0.2) is 11.1 Å². The first kappa shape index (κ1) is 4.91. The molecule has 1 nitrogen and oxygen atoms in total. The molecule has 2 heteroatoms. The molecule has 0 saturated carbocycles. The van der Waals surface area contributed by atoms with Crippen LogP contribution in [-0.2, 0) is 12.6 Å². The summed E-state index contributed by atoms with van der Waals surface area (Å²) in [5, 5.41) is 1.00. The van der Waals surface area contributed by atoms with Crippen molar-refractivity contribution < 1.29 is 0 Å². The lowest BCUT2D eigenvalue weighted by atomic mass is 10.5. The van der Waals surface area contributed by atoms with Gasteiger partial charge in [0.15, 0.2) is 0 Å². The summed E-state index contributed by atoms with van der Waals surface area (Å²) in [6.45, 7) is 1.11. The van der Waals surface area contributed by atoms with Crippen LogP contribution in [0.25, 0.3) is 0 Å². The van der Waals surface area contributed by atoms with Crippen LogP contribution in [0.4, 0.5) is 0 Å². The summed E-state index contributed by atoms with van der Waals surface area (Å²) in [6, 6.07) is 0. The summed E-state index contributed by atoms with van der Waals surface area (Å²) >= 11 is 4.91. The molecule has 0 saturated heterocycles. The number of hydrogen-bond donors (Lipinski definition) is 0. The Balaban J connectivity index is 2.54. The molecule has 7 heavy (non-hydrogen) atoms. The maximum Gasteiger partial charge on any atom is 0.0187 e. The minimum Gasteiger partial charge on any atom is -0.763 e. The largest absolute Gasteiger partial charge is 0.763 e. The highest BCUT2D eigenvalue weighted by atomic mass is 32.1. The Hall–Kier alpha value is -0.240. The van der Waals surface area contributed by atoms with Gasteiger partial charge in [-0.25, -0.2) is 0 Å². The first-order valence-corrected chi connectivity index (χ1v) is 2.80. The molecule has 1 heterocycles. The molecule has 40 valence electrons. The smallest absolute Gasteiger partial charge is 0.0187 e. The van der Waals surface area contributed by atoms with E-state index in [1.165, 1.54) is 0 Å². The number of hydrogen-bond acceptors (Lipinski definition) is 2. The Labute approximate surface area is 49.4 Å². The average Bonchev–Trinajstić information content (AvgIpc) is 1.91. The molecule has 0 aromatic rings. The van der Waals surface area contributed by atoms with E-state index in [-0.39, 0.29) is 0 Å². The van der Waals surface area contributed by atoms with Gasteiger partial charge in [-0.15, -0.1) is 5.03 Å². The van der Waals surface area contributed by atoms with Gasteiger partial charge in [0.2, 0.25) is 0 Å². The monoisotopic (exact) mass is 114 g/mol. The van der Waals surface area contributed by atoms with Gasteiger partial charge in [0.05, 0.1) is 0 Å². The molecule has 0 amide bonds. The van der Waals surface area contributed by atoms with Crippen LogP contribution >= 0.6 is 0 Å². The lowest BCUT2D eigenvalue weighted by molar-refractivity contribution is 0.487. The van der Waals surface area contributed by atoms with E-state index in [4.69, 9.17) is 12.6 Å². The molecule has 0 aromatic carbocycles. The number of rotatable bonds is 0. The lowest BCUT2D eigenvalue weighted by Gasteiger charge is -2.20. The van der Waals surface area contributed by atoms with E-state index >= 15 is 0 Å². The van der Waals surface area contributed by atoms with Crippen molar-refractivity contribution in [3.63, 3.8) is 0 Å². The zero-order valence-corrected chi connectivity index (χ0v) is 5.16. The zero-order chi connectivity index (χ0) is 5.28. The Morgan fingerprint density at radius 3 is 2.71 bits per heavy atom. The normalized spacial score (nSPS) is 20.1. The Morgan fingerprint density at radius 2 is 2.57 bits per heavy atom. The van der Waals surface area contributed by atoms with E-state index in [9.17, 15) is 0 Å². The van der Waals surface area contributed by atoms with Crippen molar-refractivity contribution in [3.8, 4) is 0 Å². The molecular weight excluding hydrogens is 106 g/mol. The van der Waals surface area contributed by atoms with Crippen molar-refractivity contribution in [2.75, 3.05) is 13.6 Å². The molecule has 0 aliphatic carbocycles. The quantitative estimate of drug-likeness (QED) is 0.427. The van der Waals surface area contributed by atoms with Crippen LogP contribution in [0.2, 0.25) is 0 Å². The van der Waals surface area contributed by atoms with Gasteiger partial charge in [-0.2, -0.15) is 0 Å². The summed E-state index contributed by atoms with van der Waals surface area (Å²) in [6.07, 6.45) is 3.21. The molecule has 0 radical (unpaired) electrons. The highest BCUT2D eigenvalue weighted by Crippen LogP contribution is 2.08. The van der Waals surface area contributed by atoms with E-state index in [1.807, 2.05) is 7.05 Å². The van der Waals surface area contributed by atoms with Crippen molar-refractivity contribution in [2.45, 2.75) is 6.42 Å². The molecule has 0 N–H and O–H groups in total. The van der Waals surface area contributed by atoms with Crippen LogP contribution in [0.3, 0.4) is 0 Å². The Bertz CT molecular complexity index is 98.3. The standard InChI is InChI=1S/C5H9NS/c1-6-4-2-3-5(6)7/h3,7H,2,4H2,1H3/p-1. The van der Waals surface area contributed by atoms with Gasteiger partial charge in [-0.3, -0.25) is 0 Å². The third-order valence-electron chi connectivity index (χ3n) is 1.16. The summed E-state index contributed by atoms with van der Waals surface area (Å²) in [7, 11) is 2.02. The van der Waals surface area contributed by atoms with Crippen LogP contribution in [-0.4, -0.2) is 18.5 Å². The molecule has 1 aliphatic heterocycles. The number of nitrogens with zero attached hydrogens (tertiary/aromatic N) is 1. The van der Waals surface area contributed by atoms with Gasteiger partial charge in [0.25, 0.3) is 0 Å². The topological polar surface area (TPSA) is 3.24 Å². The maximum atomic E-state index is 4.91. The van der Waals surface area contributed by atoms with Gasteiger partial charge in [-0.1, -0.05) is 6.08 Å². The first-order valence-electron chi connectivity index (χ1n) is 2.39. The van der Waals surface area contributed by atoms with Gasteiger partial charge >= 0.3 is 0 Å². The molecule has 0 fully saturated rings. The van der Waals surface area contributed by atoms with E-state index in [0.717, 1.165) is 18.0 Å². The molecule has 0 unspecified atom stereocenters. The van der Waals surface area contributed by atoms with Crippen LogP contribution in [0.5, 0.6) is 0 Å². The van der Waals surface area contributed by atoms with Crippen molar-refractivity contribution in [2.24, 2.45) is 0 Å². The minimum atomic E-state index is 1.00. The minimum absolute atomic E-state index is 1.00. The third-order valence-corrected chi connectivity index (χ3v) is 1.64. The highest BCUT2D eigenvalue weighted by molar-refractivity contribution is 7.63. The predicted octanol–water partition coefficient (Wildman–Crippen LogP) is 0.710. The summed E-state index contributed by atoms with van der Waals surface area (Å²) in [5.74, 6) is 0. The van der Waals surface area contributed by atoms with Gasteiger partial charge in [0.1, 0.15) is 0 Å². The van der Waals surface area contributed by atoms with Crippen molar-refractivity contribution in [1.29, 1.82) is 0 Å². The molecule has 1 aliphatic rings. The fourth-order valence-corrected chi connectivity index (χ4v) is 0.857. The lowest BCUT2D eigenvalue weighted by Crippen LogP contribution is -2.10. The SMILES string of the molecule is CN1CCC=C1[S-]. The molecule has 0 atom stereocenters. The predicted molar refractivity (Wildman–Crippen MR) is 32.7 cm³/mol. The van der Waals surface area contributed by atoms with Crippen LogP contribution < -0.4 is 0 Å². The zero-order valence-electron chi connectivity index (χ0n) is 4.35.